The number of halogens is 3. The predicted molar refractivity (Wildman–Crippen MR) is 89.7 cm³/mol. The molecule has 1 aromatic heterocycles. The summed E-state index contributed by atoms with van der Waals surface area (Å²) < 4.78 is 5.62. The molecule has 0 saturated heterocycles. The van der Waals surface area contributed by atoms with Crippen molar-refractivity contribution in [2.24, 2.45) is 0 Å². The van der Waals surface area contributed by atoms with Crippen LogP contribution in [0.25, 0.3) is 16.0 Å². The Kier molecular flexibility index (Phi) is 5.28. The second-order valence-electron chi connectivity index (χ2n) is 3.88. The number of carbonyl (C=O) groups is 1. The van der Waals surface area contributed by atoms with Crippen LogP contribution in [-0.2, 0) is 4.74 Å². The van der Waals surface area contributed by atoms with Gasteiger partial charge < -0.3 is 4.74 Å². The van der Waals surface area contributed by atoms with Gasteiger partial charge in [-0.3, -0.25) is 0 Å². The lowest BCUT2D eigenvalue weighted by Crippen LogP contribution is -2.03. The molecule has 0 spiro atoms. The molecule has 0 atom stereocenters. The van der Waals surface area contributed by atoms with Gasteiger partial charge in [0.2, 0.25) is 5.69 Å². The van der Waals surface area contributed by atoms with Crippen molar-refractivity contribution in [2.45, 2.75) is 6.92 Å². The van der Waals surface area contributed by atoms with Gasteiger partial charge in [-0.05, 0) is 24.6 Å². The zero-order valence-electron chi connectivity index (χ0n) is 10.7. The number of esters is 1. The summed E-state index contributed by atoms with van der Waals surface area (Å²) in [5.41, 5.74) is 1.39. The molecule has 0 aliphatic rings. The van der Waals surface area contributed by atoms with Crippen LogP contribution in [0.15, 0.2) is 22.0 Å². The highest BCUT2D eigenvalue weighted by atomic mass is 79.9. The molecule has 0 unspecified atom stereocenters. The van der Waals surface area contributed by atoms with Crippen LogP contribution in [0.4, 0.5) is 5.69 Å². The minimum Gasteiger partial charge on any atom is -0.462 e. The van der Waals surface area contributed by atoms with E-state index in [0.717, 1.165) is 11.3 Å². The lowest BCUT2D eigenvalue weighted by molar-refractivity contribution is 0.0533. The third-order valence-electron chi connectivity index (χ3n) is 2.61. The van der Waals surface area contributed by atoms with E-state index < -0.39 is 5.97 Å². The summed E-state index contributed by atoms with van der Waals surface area (Å²) in [6.45, 7) is 9.31. The van der Waals surface area contributed by atoms with Gasteiger partial charge in [0.25, 0.3) is 0 Å². The molecule has 0 N–H and O–H groups in total. The summed E-state index contributed by atoms with van der Waals surface area (Å²) in [5.74, 6) is -0.473. The Bertz CT molecular complexity index is 752. The first-order valence-electron chi connectivity index (χ1n) is 5.81. The molecule has 108 valence electrons. The number of rotatable bonds is 3. The number of carbonyl (C=O) groups excluding carboxylic acids is 1. The van der Waals surface area contributed by atoms with Crippen LogP contribution in [0.2, 0.25) is 10.0 Å². The molecule has 1 aromatic carbocycles. The first kappa shape index (κ1) is 16.3. The van der Waals surface area contributed by atoms with Crippen LogP contribution in [0.1, 0.15) is 16.6 Å². The molecule has 7 heteroatoms. The second-order valence-corrected chi connectivity index (χ2v) is 7.07. The van der Waals surface area contributed by atoms with Gasteiger partial charge in [-0.15, -0.1) is 11.3 Å². The van der Waals surface area contributed by atoms with Crippen molar-refractivity contribution in [2.75, 3.05) is 6.61 Å². The summed E-state index contributed by atoms with van der Waals surface area (Å²) >= 11 is 16.6. The highest BCUT2D eigenvalue weighted by molar-refractivity contribution is 9.11. The van der Waals surface area contributed by atoms with Crippen molar-refractivity contribution < 1.29 is 9.53 Å². The van der Waals surface area contributed by atoms with Gasteiger partial charge in [-0.2, -0.15) is 0 Å². The van der Waals surface area contributed by atoms with E-state index in [2.05, 4.69) is 20.8 Å². The largest absolute Gasteiger partial charge is 0.462 e. The molecule has 21 heavy (non-hydrogen) atoms. The molecule has 0 fully saturated rings. The quantitative estimate of drug-likeness (QED) is 0.449. The van der Waals surface area contributed by atoms with Crippen molar-refractivity contribution in [3.63, 3.8) is 0 Å². The van der Waals surface area contributed by atoms with Crippen LogP contribution in [0, 0.1) is 6.57 Å². The van der Waals surface area contributed by atoms with Crippen molar-refractivity contribution in [3.8, 4) is 11.1 Å². The van der Waals surface area contributed by atoms with E-state index in [1.165, 1.54) is 0 Å². The van der Waals surface area contributed by atoms with Gasteiger partial charge in [0.05, 0.1) is 17.0 Å². The molecular formula is C14H8BrCl2NO2S. The normalized spacial score (nSPS) is 10.2. The lowest BCUT2D eigenvalue weighted by atomic mass is 10.1. The maximum absolute atomic E-state index is 12.1. The molecule has 0 aliphatic carbocycles. The average Bonchev–Trinajstić information content (AvgIpc) is 2.76. The van der Waals surface area contributed by atoms with Crippen molar-refractivity contribution in [3.05, 3.63) is 48.3 Å². The first-order chi connectivity index (χ1) is 9.99. The highest BCUT2D eigenvalue weighted by Crippen LogP contribution is 2.48. The summed E-state index contributed by atoms with van der Waals surface area (Å²) in [4.78, 5) is 15.9. The van der Waals surface area contributed by atoms with E-state index in [9.17, 15) is 4.79 Å². The highest BCUT2D eigenvalue weighted by Gasteiger charge is 2.25. The van der Waals surface area contributed by atoms with Gasteiger partial charge in [0.15, 0.2) is 0 Å². The van der Waals surface area contributed by atoms with Gasteiger partial charge in [-0.1, -0.05) is 45.2 Å². The van der Waals surface area contributed by atoms with E-state index in [1.54, 1.807) is 25.1 Å². The summed E-state index contributed by atoms with van der Waals surface area (Å²) in [5, 5.41) is 0.864. The number of ether oxygens (including phenoxy) is 1. The van der Waals surface area contributed by atoms with E-state index in [0.29, 0.717) is 35.5 Å². The van der Waals surface area contributed by atoms with Crippen molar-refractivity contribution in [1.82, 2.24) is 0 Å². The summed E-state index contributed by atoms with van der Waals surface area (Å²) in [6.07, 6.45) is 0. The van der Waals surface area contributed by atoms with Gasteiger partial charge in [0, 0.05) is 15.6 Å². The molecule has 2 aromatic rings. The molecule has 0 aliphatic heterocycles. The van der Waals surface area contributed by atoms with Crippen LogP contribution in [0.5, 0.6) is 0 Å². The van der Waals surface area contributed by atoms with Crippen LogP contribution in [0.3, 0.4) is 0 Å². The Hall–Kier alpha value is -1.06. The predicted octanol–water partition coefficient (Wildman–Crippen LogP) is 6.21. The molecular weight excluding hydrogens is 397 g/mol. The molecule has 0 radical (unpaired) electrons. The zero-order chi connectivity index (χ0) is 15.6. The fraction of sp³-hybridized carbons (Fsp3) is 0.143. The Labute approximate surface area is 144 Å². The van der Waals surface area contributed by atoms with Crippen LogP contribution >= 0.6 is 50.5 Å². The Morgan fingerprint density at radius 1 is 1.48 bits per heavy atom. The minimum absolute atomic E-state index is 0.259. The van der Waals surface area contributed by atoms with E-state index in [-0.39, 0.29) is 6.61 Å². The standard InChI is InChI=1S/C14H8BrCl2NO2S/c1-3-20-14(19)12-10(11(18-2)13(15)21-12)8-5-4-7(16)6-9(8)17/h4-6H,3H2,1H3. The summed E-state index contributed by atoms with van der Waals surface area (Å²) in [6, 6.07) is 4.93. The Morgan fingerprint density at radius 2 is 2.19 bits per heavy atom. The number of thiophene rings is 1. The van der Waals surface area contributed by atoms with E-state index >= 15 is 0 Å². The van der Waals surface area contributed by atoms with Gasteiger partial charge in [0.1, 0.15) is 4.88 Å². The molecule has 1 heterocycles. The minimum atomic E-state index is -0.473. The first-order valence-corrected chi connectivity index (χ1v) is 8.18. The molecule has 0 bridgehead atoms. The maximum atomic E-state index is 12.1. The lowest BCUT2D eigenvalue weighted by Gasteiger charge is -2.07. The van der Waals surface area contributed by atoms with Crippen LogP contribution < -0.4 is 0 Å². The molecule has 3 nitrogen and oxygen atoms in total. The molecule has 0 amide bonds. The number of nitrogens with zero attached hydrogens (tertiary/aromatic N) is 1. The Balaban J connectivity index is 2.71. The fourth-order valence-corrected chi connectivity index (χ4v) is 3.93. The monoisotopic (exact) mass is 403 g/mol. The number of hydrogen-bond acceptors (Lipinski definition) is 3. The molecule has 2 rings (SSSR count). The van der Waals surface area contributed by atoms with E-state index in [1.807, 2.05) is 0 Å². The number of benzene rings is 1. The van der Waals surface area contributed by atoms with Crippen molar-refractivity contribution >= 4 is 62.1 Å². The number of hydrogen-bond donors (Lipinski definition) is 0. The SMILES string of the molecule is [C-]#[N+]c1c(Br)sc(C(=O)OCC)c1-c1ccc(Cl)cc1Cl. The maximum Gasteiger partial charge on any atom is 0.347 e. The van der Waals surface area contributed by atoms with Gasteiger partial charge >= 0.3 is 5.97 Å². The fourth-order valence-electron chi connectivity index (χ4n) is 1.78. The van der Waals surface area contributed by atoms with Gasteiger partial charge in [-0.25, -0.2) is 9.64 Å². The topological polar surface area (TPSA) is 30.7 Å². The second kappa shape index (κ2) is 6.80. The molecule has 0 saturated carbocycles. The zero-order valence-corrected chi connectivity index (χ0v) is 14.7. The van der Waals surface area contributed by atoms with Crippen molar-refractivity contribution in [1.29, 1.82) is 0 Å². The average molecular weight is 405 g/mol. The Morgan fingerprint density at radius 3 is 2.76 bits per heavy atom. The smallest absolute Gasteiger partial charge is 0.347 e. The van der Waals surface area contributed by atoms with E-state index in [4.69, 9.17) is 34.5 Å². The third-order valence-corrected chi connectivity index (χ3v) is 4.97. The summed E-state index contributed by atoms with van der Waals surface area (Å²) in [7, 11) is 0. The third kappa shape index (κ3) is 3.24. The van der Waals surface area contributed by atoms with Crippen LogP contribution in [-0.4, -0.2) is 12.6 Å².